The molecule has 1 N–H and O–H groups in total. The fourth-order valence-corrected chi connectivity index (χ4v) is 5.82. The van der Waals surface area contributed by atoms with Crippen molar-refractivity contribution >= 4 is 39.9 Å². The Bertz CT molecular complexity index is 1640. The molecule has 1 aliphatic rings. The number of carbonyl (C=O) groups is 1. The highest BCUT2D eigenvalue weighted by molar-refractivity contribution is 7.17. The lowest BCUT2D eigenvalue weighted by molar-refractivity contribution is 0.0920. The lowest BCUT2D eigenvalue weighted by Gasteiger charge is -2.32. The molecule has 6 rings (SSSR count). The standard InChI is InChI=1S/C27H21ClF2N6OS/c28-24-14-33-27(38-24)26(37)34-16-4-3-5-17(10-16)36-23-11-21(20-9-8-15(29)12-31-20)32-13-22(23)35-25(36)18-6-1-2-7-19(18)30/h1-2,6-9,11-14,16-17H,3-5,10H2,(H,34,37)/t16-,17+/m0/s1. The molecule has 192 valence electrons. The van der Waals surface area contributed by atoms with Gasteiger partial charge < -0.3 is 9.88 Å². The number of hydrogen-bond donors (Lipinski definition) is 1. The summed E-state index contributed by atoms with van der Waals surface area (Å²) in [5.41, 5.74) is 2.83. The van der Waals surface area contributed by atoms with Gasteiger partial charge in [-0.1, -0.05) is 35.1 Å². The van der Waals surface area contributed by atoms with Crippen LogP contribution in [0.2, 0.25) is 4.34 Å². The first-order chi connectivity index (χ1) is 18.5. The molecule has 0 radical (unpaired) electrons. The molecule has 1 fully saturated rings. The molecule has 38 heavy (non-hydrogen) atoms. The fraction of sp³-hybridized carbons (Fsp3) is 0.222. The van der Waals surface area contributed by atoms with Crippen LogP contribution in [0.4, 0.5) is 8.78 Å². The molecule has 1 amide bonds. The van der Waals surface area contributed by atoms with Crippen LogP contribution in [0, 0.1) is 11.6 Å². The van der Waals surface area contributed by atoms with Gasteiger partial charge in [0, 0.05) is 12.1 Å². The van der Waals surface area contributed by atoms with E-state index in [4.69, 9.17) is 16.6 Å². The van der Waals surface area contributed by atoms with Crippen molar-refractivity contribution < 1.29 is 13.6 Å². The molecule has 0 saturated heterocycles. The Morgan fingerprint density at radius 2 is 1.87 bits per heavy atom. The number of amides is 1. The van der Waals surface area contributed by atoms with Gasteiger partial charge in [0.05, 0.1) is 41.1 Å². The molecule has 1 aliphatic carbocycles. The van der Waals surface area contributed by atoms with E-state index in [-0.39, 0.29) is 23.8 Å². The molecule has 1 aromatic carbocycles. The first kappa shape index (κ1) is 24.6. The van der Waals surface area contributed by atoms with E-state index in [0.29, 0.717) is 44.1 Å². The van der Waals surface area contributed by atoms with Crippen molar-refractivity contribution in [2.45, 2.75) is 37.8 Å². The molecule has 1 saturated carbocycles. The number of rotatable bonds is 5. The van der Waals surface area contributed by atoms with Crippen molar-refractivity contribution in [2.24, 2.45) is 0 Å². The molecular formula is C27H21ClF2N6OS. The third kappa shape index (κ3) is 4.77. The minimum Gasteiger partial charge on any atom is -0.347 e. The van der Waals surface area contributed by atoms with Crippen LogP contribution in [0.15, 0.2) is 61.1 Å². The number of nitrogens with zero attached hydrogens (tertiary/aromatic N) is 5. The normalized spacial score (nSPS) is 17.6. The van der Waals surface area contributed by atoms with Crippen LogP contribution >= 0.6 is 22.9 Å². The largest absolute Gasteiger partial charge is 0.347 e. The Kier molecular flexibility index (Phi) is 6.59. The summed E-state index contributed by atoms with van der Waals surface area (Å²) >= 11 is 7.09. The van der Waals surface area contributed by atoms with Gasteiger partial charge in [-0.15, -0.1) is 0 Å². The quantitative estimate of drug-likeness (QED) is 0.271. The van der Waals surface area contributed by atoms with Gasteiger partial charge in [-0.2, -0.15) is 0 Å². The monoisotopic (exact) mass is 550 g/mol. The Morgan fingerprint density at radius 3 is 2.63 bits per heavy atom. The number of benzene rings is 1. The van der Waals surface area contributed by atoms with Gasteiger partial charge in [0.15, 0.2) is 5.01 Å². The average molecular weight is 551 g/mol. The van der Waals surface area contributed by atoms with Gasteiger partial charge in [0.25, 0.3) is 5.91 Å². The summed E-state index contributed by atoms with van der Waals surface area (Å²) in [6, 6.07) is 11.1. The number of aromatic nitrogens is 5. The van der Waals surface area contributed by atoms with Crippen LogP contribution in [0.1, 0.15) is 41.5 Å². The van der Waals surface area contributed by atoms with Crippen LogP contribution in [0.25, 0.3) is 33.8 Å². The maximum Gasteiger partial charge on any atom is 0.280 e. The van der Waals surface area contributed by atoms with Gasteiger partial charge in [-0.3, -0.25) is 14.8 Å². The second-order valence-electron chi connectivity index (χ2n) is 9.17. The predicted octanol–water partition coefficient (Wildman–Crippen LogP) is 6.46. The molecule has 5 aromatic rings. The number of hydrogen-bond acceptors (Lipinski definition) is 6. The van der Waals surface area contributed by atoms with E-state index in [1.165, 1.54) is 18.3 Å². The highest BCUT2D eigenvalue weighted by Crippen LogP contribution is 2.37. The lowest BCUT2D eigenvalue weighted by Crippen LogP contribution is -2.39. The number of halogens is 3. The molecular weight excluding hydrogens is 530 g/mol. The van der Waals surface area contributed by atoms with Crippen molar-refractivity contribution in [2.75, 3.05) is 0 Å². The van der Waals surface area contributed by atoms with Crippen molar-refractivity contribution in [1.29, 1.82) is 0 Å². The van der Waals surface area contributed by atoms with Gasteiger partial charge in [-0.25, -0.2) is 18.7 Å². The van der Waals surface area contributed by atoms with Crippen LogP contribution in [0.3, 0.4) is 0 Å². The van der Waals surface area contributed by atoms with E-state index in [2.05, 4.69) is 20.3 Å². The third-order valence-corrected chi connectivity index (χ3v) is 7.81. The number of fused-ring (bicyclic) bond motifs is 1. The Balaban J connectivity index is 1.41. The number of imidazole rings is 1. The highest BCUT2D eigenvalue weighted by atomic mass is 35.5. The first-order valence-electron chi connectivity index (χ1n) is 12.1. The Labute approximate surface area is 225 Å². The minimum atomic E-state index is -0.433. The SMILES string of the molecule is O=C(N[C@H]1CCC[C@@H](n2c(-c3ccccc3F)nc3cnc(-c4ccc(F)cn4)cc32)C1)c1ncc(Cl)s1. The number of nitrogens with one attached hydrogen (secondary N) is 1. The van der Waals surface area contributed by atoms with Crippen LogP contribution in [0.5, 0.6) is 0 Å². The van der Waals surface area contributed by atoms with Gasteiger partial charge in [-0.05, 0) is 56.0 Å². The van der Waals surface area contributed by atoms with Crippen molar-refractivity contribution in [3.63, 3.8) is 0 Å². The number of carbonyl (C=O) groups excluding carboxylic acids is 1. The number of pyridine rings is 2. The maximum absolute atomic E-state index is 15.0. The Morgan fingerprint density at radius 1 is 1.03 bits per heavy atom. The predicted molar refractivity (Wildman–Crippen MR) is 142 cm³/mol. The molecule has 0 spiro atoms. The van der Waals surface area contributed by atoms with Gasteiger partial charge in [0.2, 0.25) is 0 Å². The smallest absolute Gasteiger partial charge is 0.280 e. The summed E-state index contributed by atoms with van der Waals surface area (Å²) in [5, 5.41) is 3.41. The van der Waals surface area contributed by atoms with E-state index in [1.807, 2.05) is 10.6 Å². The molecule has 7 nitrogen and oxygen atoms in total. The minimum absolute atomic E-state index is 0.0648. The maximum atomic E-state index is 15.0. The van der Waals surface area contributed by atoms with Crippen LogP contribution in [-0.4, -0.2) is 36.5 Å². The van der Waals surface area contributed by atoms with E-state index in [9.17, 15) is 13.6 Å². The van der Waals surface area contributed by atoms with Crippen molar-refractivity contribution in [1.82, 2.24) is 29.8 Å². The molecule has 4 aromatic heterocycles. The summed E-state index contributed by atoms with van der Waals surface area (Å²) in [6.07, 6.45) is 7.37. The van der Waals surface area contributed by atoms with Gasteiger partial charge in [0.1, 0.15) is 27.3 Å². The van der Waals surface area contributed by atoms with E-state index in [1.54, 1.807) is 30.5 Å². The van der Waals surface area contributed by atoms with Crippen molar-refractivity contribution in [3.8, 4) is 22.8 Å². The molecule has 0 bridgehead atoms. The Hall–Kier alpha value is -3.76. The van der Waals surface area contributed by atoms with E-state index in [0.717, 1.165) is 42.3 Å². The summed E-state index contributed by atoms with van der Waals surface area (Å²) in [4.78, 5) is 30.3. The zero-order valence-electron chi connectivity index (χ0n) is 19.9. The molecule has 0 unspecified atom stereocenters. The summed E-state index contributed by atoms with van der Waals surface area (Å²) in [5.74, 6) is -0.574. The second kappa shape index (κ2) is 10.2. The third-order valence-electron chi connectivity index (χ3n) is 6.70. The number of thiazole rings is 1. The van der Waals surface area contributed by atoms with Crippen LogP contribution in [-0.2, 0) is 0 Å². The summed E-state index contributed by atoms with van der Waals surface area (Å²) in [6.45, 7) is 0. The molecule has 11 heteroatoms. The second-order valence-corrected chi connectivity index (χ2v) is 10.8. The molecule has 4 heterocycles. The zero-order valence-corrected chi connectivity index (χ0v) is 21.5. The van der Waals surface area contributed by atoms with E-state index >= 15 is 0 Å². The molecule has 0 aliphatic heterocycles. The lowest BCUT2D eigenvalue weighted by atomic mass is 9.90. The summed E-state index contributed by atoms with van der Waals surface area (Å²) < 4.78 is 30.9. The summed E-state index contributed by atoms with van der Waals surface area (Å²) in [7, 11) is 0. The highest BCUT2D eigenvalue weighted by Gasteiger charge is 2.29. The topological polar surface area (TPSA) is 85.6 Å². The van der Waals surface area contributed by atoms with Crippen LogP contribution < -0.4 is 5.32 Å². The zero-order chi connectivity index (χ0) is 26.2. The first-order valence-corrected chi connectivity index (χ1v) is 13.3. The average Bonchev–Trinajstić information content (AvgIpc) is 3.53. The van der Waals surface area contributed by atoms with Gasteiger partial charge >= 0.3 is 0 Å². The van der Waals surface area contributed by atoms with Crippen molar-refractivity contribution in [3.05, 3.63) is 82.0 Å². The fourth-order valence-electron chi connectivity index (χ4n) is 5.00. The van der Waals surface area contributed by atoms with E-state index < -0.39 is 5.82 Å². The molecule has 2 atom stereocenters.